The van der Waals surface area contributed by atoms with E-state index in [1.165, 1.54) is 25.6 Å². The van der Waals surface area contributed by atoms with E-state index in [9.17, 15) is 4.39 Å². The smallest absolute Gasteiger partial charge is 0.191 e. The topological polar surface area (TPSA) is 42.9 Å². The highest BCUT2D eigenvalue weighted by molar-refractivity contribution is 14.0. The molecule has 5 nitrogen and oxygen atoms in total. The molecule has 1 aromatic carbocycles. The van der Waals surface area contributed by atoms with Crippen LogP contribution in [0.25, 0.3) is 0 Å². The second-order valence-corrected chi connectivity index (χ2v) is 7.94. The first-order valence-electron chi connectivity index (χ1n) is 9.95. The molecule has 0 amide bonds. The number of guanidine groups is 1. The minimum atomic E-state index is -0.151. The van der Waals surface area contributed by atoms with Crippen LogP contribution in [0, 0.1) is 5.82 Å². The zero-order valence-electron chi connectivity index (χ0n) is 17.0. The van der Waals surface area contributed by atoms with Crippen LogP contribution in [0.15, 0.2) is 27.7 Å². The number of rotatable bonds is 8. The Morgan fingerprint density at radius 2 is 2.04 bits per heavy atom. The first-order chi connectivity index (χ1) is 13.1. The van der Waals surface area contributed by atoms with E-state index in [2.05, 4.69) is 55.3 Å². The van der Waals surface area contributed by atoms with Crippen LogP contribution in [-0.2, 0) is 6.42 Å². The van der Waals surface area contributed by atoms with Gasteiger partial charge < -0.3 is 20.4 Å². The van der Waals surface area contributed by atoms with Gasteiger partial charge in [-0.15, -0.1) is 24.0 Å². The number of benzene rings is 1. The van der Waals surface area contributed by atoms with Crippen molar-refractivity contribution in [3.05, 3.63) is 34.1 Å². The average Bonchev–Trinajstić information content (AvgIpc) is 2.84. The molecule has 1 saturated heterocycles. The van der Waals surface area contributed by atoms with Gasteiger partial charge in [0.1, 0.15) is 5.82 Å². The van der Waals surface area contributed by atoms with Gasteiger partial charge in [0.2, 0.25) is 0 Å². The lowest BCUT2D eigenvalue weighted by molar-refractivity contribution is 0.280. The van der Waals surface area contributed by atoms with Gasteiger partial charge in [-0.05, 0) is 64.0 Å². The molecular weight excluding hydrogens is 536 g/mol. The predicted molar refractivity (Wildman–Crippen MR) is 130 cm³/mol. The molecular formula is C20H34BrFIN5. The number of nitrogens with one attached hydrogen (secondary N) is 2. The third-order valence-electron chi connectivity index (χ3n) is 4.77. The summed E-state index contributed by atoms with van der Waals surface area (Å²) < 4.78 is 14.6. The molecule has 2 N–H and O–H groups in total. The van der Waals surface area contributed by atoms with E-state index in [1.807, 2.05) is 12.1 Å². The standard InChI is InChI=1S/C20H33BrFN5.HI/c1-3-23-20(25-10-13-27-12-5-11-26(2)14-15-27)24-9-4-6-17-7-8-18(21)16-19(17)22;/h7-8,16H,3-6,9-15H2,1-2H3,(H2,23,24,25);1H. The molecule has 0 atom stereocenters. The Morgan fingerprint density at radius 3 is 2.79 bits per heavy atom. The van der Waals surface area contributed by atoms with Crippen LogP contribution in [0.5, 0.6) is 0 Å². The van der Waals surface area contributed by atoms with Crippen molar-refractivity contribution in [2.24, 2.45) is 4.99 Å². The summed E-state index contributed by atoms with van der Waals surface area (Å²) in [6.45, 7) is 10.1. The van der Waals surface area contributed by atoms with Crippen molar-refractivity contribution in [1.29, 1.82) is 0 Å². The first-order valence-corrected chi connectivity index (χ1v) is 10.7. The molecule has 160 valence electrons. The maximum Gasteiger partial charge on any atom is 0.191 e. The van der Waals surface area contributed by atoms with E-state index in [-0.39, 0.29) is 29.8 Å². The van der Waals surface area contributed by atoms with Crippen molar-refractivity contribution in [3.63, 3.8) is 0 Å². The van der Waals surface area contributed by atoms with Gasteiger partial charge in [0.25, 0.3) is 0 Å². The predicted octanol–water partition coefficient (Wildman–Crippen LogP) is 3.33. The van der Waals surface area contributed by atoms with Crippen LogP contribution in [-0.4, -0.2) is 75.2 Å². The van der Waals surface area contributed by atoms with Crippen molar-refractivity contribution in [3.8, 4) is 0 Å². The van der Waals surface area contributed by atoms with Gasteiger partial charge >= 0.3 is 0 Å². The molecule has 0 aromatic heterocycles. The first kappa shape index (κ1) is 25.6. The molecule has 1 aliphatic rings. The summed E-state index contributed by atoms with van der Waals surface area (Å²) in [4.78, 5) is 9.53. The van der Waals surface area contributed by atoms with Crippen LogP contribution >= 0.6 is 39.9 Å². The van der Waals surface area contributed by atoms with Gasteiger partial charge in [-0.25, -0.2) is 4.39 Å². The molecule has 0 aliphatic carbocycles. The summed E-state index contributed by atoms with van der Waals surface area (Å²) in [5.74, 6) is 0.696. The Kier molecular flexibility index (Phi) is 13.3. The minimum absolute atomic E-state index is 0. The molecule has 2 rings (SSSR count). The molecule has 0 bridgehead atoms. The maximum atomic E-state index is 13.9. The summed E-state index contributed by atoms with van der Waals surface area (Å²) in [6, 6.07) is 5.24. The zero-order valence-corrected chi connectivity index (χ0v) is 20.9. The van der Waals surface area contributed by atoms with Crippen LogP contribution in [0.4, 0.5) is 4.39 Å². The number of halogens is 3. The fraction of sp³-hybridized carbons (Fsp3) is 0.650. The van der Waals surface area contributed by atoms with E-state index >= 15 is 0 Å². The average molecular weight is 570 g/mol. The lowest BCUT2D eigenvalue weighted by Crippen LogP contribution is -2.42. The Labute approximate surface area is 194 Å². The normalized spacial score (nSPS) is 16.4. The monoisotopic (exact) mass is 569 g/mol. The van der Waals surface area contributed by atoms with Crippen LogP contribution in [0.1, 0.15) is 25.3 Å². The largest absolute Gasteiger partial charge is 0.357 e. The Hall–Kier alpha value is -0.450. The quantitative estimate of drug-likeness (QED) is 0.218. The van der Waals surface area contributed by atoms with Crippen molar-refractivity contribution >= 4 is 45.9 Å². The molecule has 28 heavy (non-hydrogen) atoms. The Morgan fingerprint density at radius 1 is 1.21 bits per heavy atom. The minimum Gasteiger partial charge on any atom is -0.357 e. The second-order valence-electron chi connectivity index (χ2n) is 7.03. The molecule has 0 spiro atoms. The summed E-state index contributed by atoms with van der Waals surface area (Å²) in [5, 5.41) is 6.71. The number of aryl methyl sites for hydroxylation is 1. The summed E-state index contributed by atoms with van der Waals surface area (Å²) in [7, 11) is 2.19. The molecule has 1 aliphatic heterocycles. The van der Waals surface area contributed by atoms with E-state index < -0.39 is 0 Å². The van der Waals surface area contributed by atoms with Gasteiger partial charge in [0, 0.05) is 43.7 Å². The van der Waals surface area contributed by atoms with Gasteiger partial charge in [0.05, 0.1) is 0 Å². The van der Waals surface area contributed by atoms with E-state index in [4.69, 9.17) is 0 Å². The number of hydrogen-bond acceptors (Lipinski definition) is 3. The van der Waals surface area contributed by atoms with Crippen molar-refractivity contribution in [1.82, 2.24) is 20.4 Å². The maximum absolute atomic E-state index is 13.9. The third kappa shape index (κ3) is 9.84. The van der Waals surface area contributed by atoms with E-state index in [0.717, 1.165) is 55.1 Å². The number of likely N-dealkylation sites (N-methyl/N-ethyl adjacent to an activating group) is 1. The number of nitrogens with zero attached hydrogens (tertiary/aromatic N) is 3. The zero-order chi connectivity index (χ0) is 19.5. The summed E-state index contributed by atoms with van der Waals surface area (Å²) in [5.41, 5.74) is 0.748. The lowest BCUT2D eigenvalue weighted by atomic mass is 10.1. The number of hydrogen-bond donors (Lipinski definition) is 2. The highest BCUT2D eigenvalue weighted by Gasteiger charge is 2.11. The Bertz CT molecular complexity index is 602. The fourth-order valence-corrected chi connectivity index (χ4v) is 3.52. The number of aliphatic imine (C=N–C) groups is 1. The van der Waals surface area contributed by atoms with Gasteiger partial charge in [-0.2, -0.15) is 0 Å². The highest BCUT2D eigenvalue weighted by atomic mass is 127. The van der Waals surface area contributed by atoms with Crippen LogP contribution in [0.2, 0.25) is 0 Å². The van der Waals surface area contributed by atoms with Crippen LogP contribution < -0.4 is 10.6 Å². The SMILES string of the molecule is CCNC(=NCCCc1ccc(Br)cc1F)NCCN1CCCN(C)CC1.I. The van der Waals surface area contributed by atoms with Crippen LogP contribution in [0.3, 0.4) is 0 Å². The molecule has 1 aromatic rings. The van der Waals surface area contributed by atoms with Gasteiger partial charge in [0.15, 0.2) is 5.96 Å². The Balaban J connectivity index is 0.00000392. The van der Waals surface area contributed by atoms with E-state index in [1.54, 1.807) is 0 Å². The van der Waals surface area contributed by atoms with Crippen molar-refractivity contribution in [2.45, 2.75) is 26.2 Å². The highest BCUT2D eigenvalue weighted by Crippen LogP contribution is 2.16. The molecule has 1 heterocycles. The summed E-state index contributed by atoms with van der Waals surface area (Å²) >= 11 is 3.29. The van der Waals surface area contributed by atoms with Gasteiger partial charge in [-0.3, -0.25) is 4.99 Å². The lowest BCUT2D eigenvalue weighted by Gasteiger charge is -2.21. The van der Waals surface area contributed by atoms with E-state index in [0.29, 0.717) is 13.0 Å². The molecule has 0 saturated carbocycles. The second kappa shape index (κ2) is 14.5. The molecule has 0 radical (unpaired) electrons. The van der Waals surface area contributed by atoms with Gasteiger partial charge in [-0.1, -0.05) is 22.0 Å². The molecule has 8 heteroatoms. The summed E-state index contributed by atoms with van der Waals surface area (Å²) in [6.07, 6.45) is 2.76. The molecule has 1 fully saturated rings. The van der Waals surface area contributed by atoms with Crippen molar-refractivity contribution < 1.29 is 4.39 Å². The fourth-order valence-electron chi connectivity index (χ4n) is 3.18. The molecule has 0 unspecified atom stereocenters. The van der Waals surface area contributed by atoms with Crippen molar-refractivity contribution in [2.75, 3.05) is 59.4 Å². The third-order valence-corrected chi connectivity index (χ3v) is 5.26.